The van der Waals surface area contributed by atoms with Crippen molar-refractivity contribution in [2.75, 3.05) is 13.2 Å². The predicted octanol–water partition coefficient (Wildman–Crippen LogP) is 3.41. The number of hydrogen-bond acceptors (Lipinski definition) is 3. The Morgan fingerprint density at radius 2 is 1.68 bits per heavy atom. The zero-order valence-electron chi connectivity index (χ0n) is 12.3. The largest absolute Gasteiger partial charge is 0.493 e. The maximum Gasteiger partial charge on any atom is 0.125 e. The molecule has 0 bridgehead atoms. The normalized spacial score (nSPS) is 10.9. The summed E-state index contributed by atoms with van der Waals surface area (Å²) in [6, 6.07) is 4.13. The van der Waals surface area contributed by atoms with Crippen molar-refractivity contribution in [3.8, 4) is 5.75 Å². The molecular formula is C15H24N2O2. The Labute approximate surface area is 115 Å². The van der Waals surface area contributed by atoms with Crippen LogP contribution in [0, 0.1) is 0 Å². The number of ether oxygens (including phenoxy) is 1. The third-order valence-electron chi connectivity index (χ3n) is 2.77. The van der Waals surface area contributed by atoms with Crippen molar-refractivity contribution in [2.45, 2.75) is 40.5 Å². The van der Waals surface area contributed by atoms with E-state index in [0.29, 0.717) is 13.2 Å². The van der Waals surface area contributed by atoms with E-state index in [2.05, 4.69) is 36.5 Å². The van der Waals surface area contributed by atoms with Crippen LogP contribution in [-0.4, -0.2) is 19.6 Å². The van der Waals surface area contributed by atoms with Gasteiger partial charge in [0.2, 0.25) is 0 Å². The standard InChI is InChI=1S/C15H24N2O2/c1-5-12-9-14(16-11-17-19-8-4)10-13(6-2)15(12)18-7-3/h9-11H,5-8H2,1-4H3,(H,16,17). The van der Waals surface area contributed by atoms with Crippen LogP contribution in [-0.2, 0) is 17.7 Å². The average Bonchev–Trinajstić information content (AvgIpc) is 2.44. The minimum absolute atomic E-state index is 0.607. The van der Waals surface area contributed by atoms with Gasteiger partial charge in [0.1, 0.15) is 12.1 Å². The number of hydroxylamine groups is 1. The second-order valence-corrected chi connectivity index (χ2v) is 4.04. The predicted molar refractivity (Wildman–Crippen MR) is 79.3 cm³/mol. The summed E-state index contributed by atoms with van der Waals surface area (Å²) in [6.07, 6.45) is 3.44. The zero-order valence-corrected chi connectivity index (χ0v) is 12.3. The summed E-state index contributed by atoms with van der Waals surface area (Å²) in [6.45, 7) is 9.48. The number of hydrogen-bond donors (Lipinski definition) is 1. The van der Waals surface area contributed by atoms with Gasteiger partial charge in [0.25, 0.3) is 0 Å². The van der Waals surface area contributed by atoms with Crippen molar-refractivity contribution in [1.82, 2.24) is 5.48 Å². The van der Waals surface area contributed by atoms with Crippen LogP contribution >= 0.6 is 0 Å². The fourth-order valence-electron chi connectivity index (χ4n) is 1.89. The van der Waals surface area contributed by atoms with Gasteiger partial charge in [-0.1, -0.05) is 13.8 Å². The van der Waals surface area contributed by atoms with Gasteiger partial charge in [0, 0.05) is 0 Å². The molecule has 1 N–H and O–H groups in total. The number of benzene rings is 1. The number of rotatable bonds is 8. The Kier molecular flexibility index (Phi) is 6.97. The molecule has 1 aromatic carbocycles. The lowest BCUT2D eigenvalue weighted by Gasteiger charge is -2.14. The molecule has 0 saturated heterocycles. The van der Waals surface area contributed by atoms with Gasteiger partial charge in [-0.3, -0.25) is 10.3 Å². The van der Waals surface area contributed by atoms with Crippen molar-refractivity contribution in [3.05, 3.63) is 23.3 Å². The van der Waals surface area contributed by atoms with Crippen LogP contribution < -0.4 is 10.2 Å². The summed E-state index contributed by atoms with van der Waals surface area (Å²) in [5.41, 5.74) is 5.99. The van der Waals surface area contributed by atoms with E-state index >= 15 is 0 Å². The van der Waals surface area contributed by atoms with Crippen LogP contribution in [0.1, 0.15) is 38.8 Å². The van der Waals surface area contributed by atoms with Crippen LogP contribution in [0.4, 0.5) is 5.69 Å². The first-order valence-corrected chi connectivity index (χ1v) is 6.95. The molecule has 0 fully saturated rings. The van der Waals surface area contributed by atoms with Crippen molar-refractivity contribution < 1.29 is 9.57 Å². The van der Waals surface area contributed by atoms with Gasteiger partial charge in [-0.15, -0.1) is 0 Å². The molecule has 1 rings (SSSR count). The molecule has 0 unspecified atom stereocenters. The van der Waals surface area contributed by atoms with Gasteiger partial charge in [0.05, 0.1) is 18.9 Å². The highest BCUT2D eigenvalue weighted by Crippen LogP contribution is 2.30. The molecule has 0 atom stereocenters. The lowest BCUT2D eigenvalue weighted by molar-refractivity contribution is 0.100. The summed E-state index contributed by atoms with van der Waals surface area (Å²) in [7, 11) is 0. The van der Waals surface area contributed by atoms with Gasteiger partial charge in [-0.25, -0.2) is 4.99 Å². The van der Waals surface area contributed by atoms with Gasteiger partial charge in [-0.05, 0) is 49.9 Å². The monoisotopic (exact) mass is 264 g/mol. The average molecular weight is 264 g/mol. The molecule has 0 saturated carbocycles. The molecule has 0 amide bonds. The third kappa shape index (κ3) is 4.56. The summed E-state index contributed by atoms with van der Waals surface area (Å²) in [5, 5.41) is 0. The van der Waals surface area contributed by atoms with E-state index < -0.39 is 0 Å². The molecule has 0 aliphatic rings. The second kappa shape index (κ2) is 8.53. The van der Waals surface area contributed by atoms with E-state index in [9.17, 15) is 0 Å². The molecule has 0 aliphatic heterocycles. The van der Waals surface area contributed by atoms with E-state index in [1.165, 1.54) is 11.1 Å². The number of nitrogens with one attached hydrogen (secondary N) is 1. The number of nitrogens with zero attached hydrogens (tertiary/aromatic N) is 1. The molecule has 0 aromatic heterocycles. The Bertz CT molecular complexity index is 392. The SMILES string of the molecule is CCONC=Nc1cc(CC)c(OCC)c(CC)c1. The Morgan fingerprint density at radius 1 is 1.05 bits per heavy atom. The van der Waals surface area contributed by atoms with Gasteiger partial charge in [-0.2, -0.15) is 0 Å². The zero-order chi connectivity index (χ0) is 14.1. The van der Waals surface area contributed by atoms with E-state index in [1.807, 2.05) is 13.8 Å². The van der Waals surface area contributed by atoms with Gasteiger partial charge in [0.15, 0.2) is 0 Å². The van der Waals surface area contributed by atoms with E-state index in [4.69, 9.17) is 9.57 Å². The minimum Gasteiger partial charge on any atom is -0.493 e. The summed E-state index contributed by atoms with van der Waals surface area (Å²) >= 11 is 0. The first-order chi connectivity index (χ1) is 9.26. The number of aliphatic imine (C=N–C) groups is 1. The second-order valence-electron chi connectivity index (χ2n) is 4.04. The highest BCUT2D eigenvalue weighted by molar-refractivity contribution is 5.62. The third-order valence-corrected chi connectivity index (χ3v) is 2.77. The molecular weight excluding hydrogens is 240 g/mol. The molecule has 0 radical (unpaired) electrons. The maximum absolute atomic E-state index is 5.76. The van der Waals surface area contributed by atoms with Crippen LogP contribution in [0.5, 0.6) is 5.75 Å². The molecule has 19 heavy (non-hydrogen) atoms. The molecule has 0 heterocycles. The van der Waals surface area contributed by atoms with E-state index in [-0.39, 0.29) is 0 Å². The van der Waals surface area contributed by atoms with Crippen molar-refractivity contribution in [1.29, 1.82) is 0 Å². The van der Waals surface area contributed by atoms with E-state index in [1.54, 1.807) is 6.34 Å². The minimum atomic E-state index is 0.607. The molecule has 106 valence electrons. The molecule has 4 heteroatoms. The quantitative estimate of drug-likeness (QED) is 0.338. The maximum atomic E-state index is 5.76. The van der Waals surface area contributed by atoms with Gasteiger partial charge < -0.3 is 4.74 Å². The first-order valence-electron chi connectivity index (χ1n) is 6.95. The fourth-order valence-corrected chi connectivity index (χ4v) is 1.89. The smallest absolute Gasteiger partial charge is 0.125 e. The first kappa shape index (κ1) is 15.5. The molecule has 4 nitrogen and oxygen atoms in total. The van der Waals surface area contributed by atoms with Crippen LogP contribution in [0.3, 0.4) is 0 Å². The summed E-state index contributed by atoms with van der Waals surface area (Å²) in [5.74, 6) is 1.02. The van der Waals surface area contributed by atoms with Crippen molar-refractivity contribution in [2.24, 2.45) is 4.99 Å². The Morgan fingerprint density at radius 3 is 2.16 bits per heavy atom. The Balaban J connectivity index is 2.98. The van der Waals surface area contributed by atoms with Gasteiger partial charge >= 0.3 is 0 Å². The van der Waals surface area contributed by atoms with Crippen molar-refractivity contribution >= 4 is 12.0 Å². The summed E-state index contributed by atoms with van der Waals surface area (Å²) < 4.78 is 5.76. The molecule has 0 spiro atoms. The lowest BCUT2D eigenvalue weighted by atomic mass is 10.0. The topological polar surface area (TPSA) is 42.8 Å². The highest BCUT2D eigenvalue weighted by Gasteiger charge is 2.09. The van der Waals surface area contributed by atoms with Crippen LogP contribution in [0.25, 0.3) is 0 Å². The lowest BCUT2D eigenvalue weighted by Crippen LogP contribution is -2.10. The Hall–Kier alpha value is -1.55. The highest BCUT2D eigenvalue weighted by atomic mass is 16.6. The summed E-state index contributed by atoms with van der Waals surface area (Å²) in [4.78, 5) is 9.35. The van der Waals surface area contributed by atoms with Crippen LogP contribution in [0.2, 0.25) is 0 Å². The van der Waals surface area contributed by atoms with E-state index in [0.717, 1.165) is 24.3 Å². The van der Waals surface area contributed by atoms with Crippen LogP contribution in [0.15, 0.2) is 17.1 Å². The fraction of sp³-hybridized carbons (Fsp3) is 0.533. The molecule has 1 aromatic rings. The molecule has 0 aliphatic carbocycles. The van der Waals surface area contributed by atoms with Crippen molar-refractivity contribution in [3.63, 3.8) is 0 Å². The number of aryl methyl sites for hydroxylation is 2.